The number of hydrazone groups is 1. The van der Waals surface area contributed by atoms with Gasteiger partial charge in [0.05, 0.1) is 11.8 Å². The van der Waals surface area contributed by atoms with Crippen molar-refractivity contribution < 1.29 is 23.9 Å². The fourth-order valence-corrected chi connectivity index (χ4v) is 2.58. The van der Waals surface area contributed by atoms with E-state index in [9.17, 15) is 19.5 Å². The maximum Gasteiger partial charge on any atom is 0.336 e. The molecule has 0 atom stereocenters. The van der Waals surface area contributed by atoms with Gasteiger partial charge < -0.3 is 14.8 Å². The van der Waals surface area contributed by atoms with Crippen LogP contribution in [0.15, 0.2) is 70.2 Å². The van der Waals surface area contributed by atoms with Gasteiger partial charge in [0, 0.05) is 23.7 Å². The molecule has 1 heterocycles. The van der Waals surface area contributed by atoms with E-state index in [1.165, 1.54) is 19.2 Å². The second kappa shape index (κ2) is 8.66. The number of aromatic carboxylic acids is 1. The zero-order chi connectivity index (χ0) is 20.8. The summed E-state index contributed by atoms with van der Waals surface area (Å²) in [5.41, 5.74) is 3.90. The molecule has 0 aliphatic heterocycles. The van der Waals surface area contributed by atoms with Crippen LogP contribution in [0.25, 0.3) is 11.3 Å². The predicted molar refractivity (Wildman–Crippen MR) is 107 cm³/mol. The number of carbonyl (C=O) groups is 3. The monoisotopic (exact) mass is 391 g/mol. The van der Waals surface area contributed by atoms with Gasteiger partial charge in [0.2, 0.25) is 5.91 Å². The van der Waals surface area contributed by atoms with Crippen molar-refractivity contribution in [1.29, 1.82) is 0 Å². The summed E-state index contributed by atoms with van der Waals surface area (Å²) >= 11 is 0. The van der Waals surface area contributed by atoms with E-state index in [-0.39, 0.29) is 11.5 Å². The Morgan fingerprint density at radius 2 is 1.72 bits per heavy atom. The molecule has 0 aliphatic carbocycles. The van der Waals surface area contributed by atoms with Crippen molar-refractivity contribution in [1.82, 2.24) is 5.43 Å². The second-order valence-corrected chi connectivity index (χ2v) is 6.01. The van der Waals surface area contributed by atoms with Crippen LogP contribution < -0.4 is 10.7 Å². The SMILES string of the molecule is CC(=O)Nc1ccc(C(=O)N/N=C\c2ccc(-c3ccccc3C(=O)O)o2)cc1. The lowest BCUT2D eigenvalue weighted by molar-refractivity contribution is -0.114. The van der Waals surface area contributed by atoms with Gasteiger partial charge in [-0.2, -0.15) is 5.10 Å². The van der Waals surface area contributed by atoms with Crippen LogP contribution in [0.3, 0.4) is 0 Å². The number of amides is 2. The Bertz CT molecular complexity index is 1080. The molecular formula is C21H17N3O5. The lowest BCUT2D eigenvalue weighted by Gasteiger charge is -2.03. The lowest BCUT2D eigenvalue weighted by atomic mass is 10.1. The maximum absolute atomic E-state index is 12.1. The number of carboxylic acid groups (broad SMARTS) is 1. The third-order valence-corrected chi connectivity index (χ3v) is 3.88. The highest BCUT2D eigenvalue weighted by molar-refractivity contribution is 5.96. The zero-order valence-electron chi connectivity index (χ0n) is 15.4. The van der Waals surface area contributed by atoms with Crippen LogP contribution in [-0.4, -0.2) is 29.1 Å². The number of anilines is 1. The first-order valence-electron chi connectivity index (χ1n) is 8.57. The third-order valence-electron chi connectivity index (χ3n) is 3.88. The van der Waals surface area contributed by atoms with E-state index in [0.717, 1.165) is 0 Å². The molecule has 0 fully saturated rings. The van der Waals surface area contributed by atoms with Crippen molar-refractivity contribution in [3.05, 3.63) is 77.6 Å². The molecule has 8 heteroatoms. The Morgan fingerprint density at radius 1 is 1.00 bits per heavy atom. The van der Waals surface area contributed by atoms with Crippen molar-refractivity contribution in [3.63, 3.8) is 0 Å². The number of benzene rings is 2. The third kappa shape index (κ3) is 4.95. The molecule has 8 nitrogen and oxygen atoms in total. The predicted octanol–water partition coefficient (Wildman–Crippen LogP) is 3.37. The van der Waals surface area contributed by atoms with Crippen LogP contribution in [0.1, 0.15) is 33.4 Å². The molecule has 29 heavy (non-hydrogen) atoms. The van der Waals surface area contributed by atoms with Gasteiger partial charge in [-0.3, -0.25) is 9.59 Å². The summed E-state index contributed by atoms with van der Waals surface area (Å²) in [4.78, 5) is 34.4. The molecule has 0 radical (unpaired) electrons. The highest BCUT2D eigenvalue weighted by atomic mass is 16.4. The quantitative estimate of drug-likeness (QED) is 0.439. The van der Waals surface area contributed by atoms with E-state index in [1.54, 1.807) is 54.6 Å². The van der Waals surface area contributed by atoms with Crippen LogP contribution in [-0.2, 0) is 4.79 Å². The topological polar surface area (TPSA) is 121 Å². The molecule has 0 aliphatic rings. The Hall–Kier alpha value is -4.20. The van der Waals surface area contributed by atoms with Gasteiger partial charge in [0.25, 0.3) is 5.91 Å². The van der Waals surface area contributed by atoms with Gasteiger partial charge in [0.1, 0.15) is 11.5 Å². The van der Waals surface area contributed by atoms with Gasteiger partial charge in [-0.25, -0.2) is 10.2 Å². The summed E-state index contributed by atoms with van der Waals surface area (Å²) in [5.74, 6) is -0.955. The molecular weight excluding hydrogens is 374 g/mol. The molecule has 2 aromatic carbocycles. The number of nitrogens with one attached hydrogen (secondary N) is 2. The van der Waals surface area contributed by atoms with E-state index in [0.29, 0.717) is 28.3 Å². The normalized spacial score (nSPS) is 10.7. The summed E-state index contributed by atoms with van der Waals surface area (Å²) in [6.45, 7) is 1.40. The highest BCUT2D eigenvalue weighted by Crippen LogP contribution is 2.25. The summed E-state index contributed by atoms with van der Waals surface area (Å²) in [7, 11) is 0. The number of hydrogen-bond donors (Lipinski definition) is 3. The summed E-state index contributed by atoms with van der Waals surface area (Å²) in [5, 5.41) is 15.7. The number of nitrogens with zero attached hydrogens (tertiary/aromatic N) is 1. The average molecular weight is 391 g/mol. The molecule has 3 rings (SSSR count). The van der Waals surface area contributed by atoms with Crippen LogP contribution >= 0.6 is 0 Å². The maximum atomic E-state index is 12.1. The standard InChI is InChI=1S/C21H17N3O5/c1-13(25)23-15-8-6-14(7-9-15)20(26)24-22-12-16-10-11-19(29-16)17-4-2-3-5-18(17)21(27)28/h2-12H,1H3,(H,23,25)(H,24,26)(H,27,28)/b22-12-. The van der Waals surface area contributed by atoms with E-state index >= 15 is 0 Å². The largest absolute Gasteiger partial charge is 0.478 e. The number of furan rings is 1. The smallest absolute Gasteiger partial charge is 0.336 e. The average Bonchev–Trinajstić information content (AvgIpc) is 3.16. The van der Waals surface area contributed by atoms with Crippen molar-refractivity contribution in [3.8, 4) is 11.3 Å². The Morgan fingerprint density at radius 3 is 2.41 bits per heavy atom. The Balaban J connectivity index is 1.65. The van der Waals surface area contributed by atoms with E-state index in [4.69, 9.17) is 4.42 Å². The second-order valence-electron chi connectivity index (χ2n) is 6.01. The summed E-state index contributed by atoms with van der Waals surface area (Å²) < 4.78 is 5.60. The molecule has 2 amide bonds. The van der Waals surface area contributed by atoms with E-state index in [1.807, 2.05) is 0 Å². The highest BCUT2D eigenvalue weighted by Gasteiger charge is 2.13. The molecule has 0 unspecified atom stereocenters. The number of hydrogen-bond acceptors (Lipinski definition) is 5. The van der Waals surface area contributed by atoms with Crippen LogP contribution in [0.5, 0.6) is 0 Å². The molecule has 0 bridgehead atoms. The molecule has 3 N–H and O–H groups in total. The van der Waals surface area contributed by atoms with Gasteiger partial charge in [-0.1, -0.05) is 18.2 Å². The first kappa shape index (κ1) is 19.6. The zero-order valence-corrected chi connectivity index (χ0v) is 15.4. The Labute approximate surface area is 165 Å². The van der Waals surface area contributed by atoms with Crippen LogP contribution in [0.2, 0.25) is 0 Å². The fraction of sp³-hybridized carbons (Fsp3) is 0.0476. The summed E-state index contributed by atoms with van der Waals surface area (Å²) in [6.07, 6.45) is 1.32. The summed E-state index contributed by atoms with van der Waals surface area (Å²) in [6, 6.07) is 16.1. The number of carbonyl (C=O) groups excluding carboxylic acids is 2. The minimum atomic E-state index is -1.05. The molecule has 1 aromatic heterocycles. The lowest BCUT2D eigenvalue weighted by Crippen LogP contribution is -2.17. The molecule has 0 spiro atoms. The van der Waals surface area contributed by atoms with Crippen molar-refractivity contribution in [2.45, 2.75) is 6.92 Å². The van der Waals surface area contributed by atoms with Gasteiger partial charge in [-0.05, 0) is 42.5 Å². The van der Waals surface area contributed by atoms with Crippen molar-refractivity contribution in [2.75, 3.05) is 5.32 Å². The fourth-order valence-electron chi connectivity index (χ4n) is 2.58. The van der Waals surface area contributed by atoms with Gasteiger partial charge in [-0.15, -0.1) is 0 Å². The van der Waals surface area contributed by atoms with Crippen LogP contribution in [0.4, 0.5) is 5.69 Å². The first-order chi connectivity index (χ1) is 13.9. The minimum absolute atomic E-state index is 0.126. The molecule has 0 saturated carbocycles. The number of carboxylic acids is 1. The van der Waals surface area contributed by atoms with E-state index in [2.05, 4.69) is 15.8 Å². The van der Waals surface area contributed by atoms with E-state index < -0.39 is 11.9 Å². The van der Waals surface area contributed by atoms with Gasteiger partial charge >= 0.3 is 5.97 Å². The molecule has 3 aromatic rings. The molecule has 146 valence electrons. The Kier molecular flexibility index (Phi) is 5.84. The number of rotatable bonds is 6. The molecule has 0 saturated heterocycles. The van der Waals surface area contributed by atoms with Crippen molar-refractivity contribution in [2.24, 2.45) is 5.10 Å². The van der Waals surface area contributed by atoms with Gasteiger partial charge in [0.15, 0.2) is 0 Å². The van der Waals surface area contributed by atoms with Crippen molar-refractivity contribution >= 4 is 29.7 Å². The van der Waals surface area contributed by atoms with Crippen LogP contribution in [0, 0.1) is 0 Å². The minimum Gasteiger partial charge on any atom is -0.478 e. The first-order valence-corrected chi connectivity index (χ1v) is 8.57.